The van der Waals surface area contributed by atoms with E-state index < -0.39 is 0 Å². The summed E-state index contributed by atoms with van der Waals surface area (Å²) in [5, 5.41) is 4.04. The minimum absolute atomic E-state index is 0.209. The van der Waals surface area contributed by atoms with E-state index in [2.05, 4.69) is 15.1 Å². The lowest BCUT2D eigenvalue weighted by Gasteiger charge is -2.39. The van der Waals surface area contributed by atoms with Gasteiger partial charge in [-0.05, 0) is 42.5 Å². The number of nitrogens with zero attached hydrogens (tertiary/aromatic N) is 3. The van der Waals surface area contributed by atoms with Crippen LogP contribution in [0.2, 0.25) is 0 Å². The lowest BCUT2D eigenvalue weighted by atomic mass is 9.67. The second-order valence-corrected chi connectivity index (χ2v) is 5.37. The van der Waals surface area contributed by atoms with Crippen molar-refractivity contribution in [2.24, 2.45) is 11.1 Å². The summed E-state index contributed by atoms with van der Waals surface area (Å²) in [7, 11) is 0. The van der Waals surface area contributed by atoms with Crippen LogP contribution in [0, 0.1) is 5.41 Å². The molecule has 5 heteroatoms. The van der Waals surface area contributed by atoms with Crippen molar-refractivity contribution in [3.05, 3.63) is 41.8 Å². The molecule has 19 heavy (non-hydrogen) atoms. The summed E-state index contributed by atoms with van der Waals surface area (Å²) in [6.07, 6.45) is 8.64. The Morgan fingerprint density at radius 1 is 1.26 bits per heavy atom. The molecule has 2 N–H and O–H groups in total. The van der Waals surface area contributed by atoms with Gasteiger partial charge in [0, 0.05) is 25.2 Å². The molecular weight excluding hydrogens is 240 g/mol. The van der Waals surface area contributed by atoms with E-state index >= 15 is 0 Å². The number of aromatic nitrogens is 3. The number of rotatable bonds is 5. The Hall–Kier alpha value is -1.75. The fourth-order valence-corrected chi connectivity index (χ4v) is 2.57. The summed E-state index contributed by atoms with van der Waals surface area (Å²) in [6, 6.07) is 3.92. The molecule has 1 fully saturated rings. The molecule has 0 aliphatic heterocycles. The average Bonchev–Trinajstić information content (AvgIpc) is 2.82. The average molecular weight is 258 g/mol. The van der Waals surface area contributed by atoms with Gasteiger partial charge < -0.3 is 10.3 Å². The van der Waals surface area contributed by atoms with E-state index in [9.17, 15) is 0 Å². The highest BCUT2D eigenvalue weighted by Gasteiger charge is 2.37. The topological polar surface area (TPSA) is 77.8 Å². The third-order valence-electron chi connectivity index (χ3n) is 4.00. The minimum Gasteiger partial charge on any atom is -0.339 e. The van der Waals surface area contributed by atoms with Gasteiger partial charge in [0.1, 0.15) is 0 Å². The summed E-state index contributed by atoms with van der Waals surface area (Å²) >= 11 is 0. The first-order valence-corrected chi connectivity index (χ1v) is 6.70. The number of hydrogen-bond donors (Lipinski definition) is 1. The largest absolute Gasteiger partial charge is 0.339 e. The van der Waals surface area contributed by atoms with Crippen molar-refractivity contribution in [3.63, 3.8) is 0 Å². The van der Waals surface area contributed by atoms with E-state index in [4.69, 9.17) is 10.3 Å². The highest BCUT2D eigenvalue weighted by Crippen LogP contribution is 2.42. The first-order chi connectivity index (χ1) is 9.30. The first-order valence-electron chi connectivity index (χ1n) is 6.70. The van der Waals surface area contributed by atoms with Crippen molar-refractivity contribution < 1.29 is 4.52 Å². The zero-order valence-corrected chi connectivity index (χ0v) is 10.9. The van der Waals surface area contributed by atoms with E-state index in [0.717, 1.165) is 17.8 Å². The quantitative estimate of drug-likeness (QED) is 0.883. The lowest BCUT2D eigenvalue weighted by molar-refractivity contribution is 0.129. The maximum absolute atomic E-state index is 5.85. The second kappa shape index (κ2) is 5.09. The number of pyridine rings is 1. The maximum Gasteiger partial charge on any atom is 0.227 e. The van der Waals surface area contributed by atoms with Crippen molar-refractivity contribution >= 4 is 0 Å². The van der Waals surface area contributed by atoms with Crippen LogP contribution < -0.4 is 5.73 Å². The van der Waals surface area contributed by atoms with Gasteiger partial charge in [-0.3, -0.25) is 4.98 Å². The Bertz CT molecular complexity index is 528. The summed E-state index contributed by atoms with van der Waals surface area (Å²) in [4.78, 5) is 8.46. The molecule has 0 bridgehead atoms. The summed E-state index contributed by atoms with van der Waals surface area (Å²) in [5.41, 5.74) is 7.20. The normalized spacial score (nSPS) is 17.1. The highest BCUT2D eigenvalue weighted by atomic mass is 16.5. The van der Waals surface area contributed by atoms with Crippen molar-refractivity contribution in [2.45, 2.75) is 32.1 Å². The lowest BCUT2D eigenvalue weighted by Crippen LogP contribution is -2.39. The predicted molar refractivity (Wildman–Crippen MR) is 70.4 cm³/mol. The molecule has 1 saturated carbocycles. The second-order valence-electron chi connectivity index (χ2n) is 5.37. The van der Waals surface area contributed by atoms with E-state index in [1.54, 1.807) is 12.4 Å². The zero-order chi connectivity index (χ0) is 13.1. The Morgan fingerprint density at radius 2 is 2.05 bits per heavy atom. The SMILES string of the molecule is NCC1(Cc2nc(Cc3ccncc3)no2)CCC1. The molecule has 0 aromatic carbocycles. The summed E-state index contributed by atoms with van der Waals surface area (Å²) < 4.78 is 5.34. The minimum atomic E-state index is 0.209. The summed E-state index contributed by atoms with van der Waals surface area (Å²) in [5.74, 6) is 1.45. The van der Waals surface area contributed by atoms with Crippen LogP contribution in [0.4, 0.5) is 0 Å². The fraction of sp³-hybridized carbons (Fsp3) is 0.500. The van der Waals surface area contributed by atoms with Gasteiger partial charge in [-0.15, -0.1) is 0 Å². The van der Waals surface area contributed by atoms with Gasteiger partial charge in [0.05, 0.1) is 0 Å². The molecule has 2 aromatic rings. The molecule has 0 radical (unpaired) electrons. The van der Waals surface area contributed by atoms with Crippen LogP contribution in [-0.4, -0.2) is 21.7 Å². The van der Waals surface area contributed by atoms with Crippen molar-refractivity contribution in [1.29, 1.82) is 0 Å². The van der Waals surface area contributed by atoms with E-state index in [1.807, 2.05) is 12.1 Å². The van der Waals surface area contributed by atoms with Gasteiger partial charge in [0.15, 0.2) is 5.82 Å². The van der Waals surface area contributed by atoms with Gasteiger partial charge in [-0.1, -0.05) is 11.6 Å². The van der Waals surface area contributed by atoms with Crippen LogP contribution in [0.25, 0.3) is 0 Å². The van der Waals surface area contributed by atoms with Crippen molar-refractivity contribution in [3.8, 4) is 0 Å². The standard InChI is InChI=1S/C14H18N4O/c15-10-14(4-1-5-14)9-13-17-12(18-19-13)8-11-2-6-16-7-3-11/h2-3,6-7H,1,4-5,8-10,15H2. The Balaban J connectivity index is 1.66. The summed E-state index contributed by atoms with van der Waals surface area (Å²) in [6.45, 7) is 0.703. The predicted octanol–water partition coefficient (Wildman–Crippen LogP) is 1.73. The van der Waals surface area contributed by atoms with E-state index in [-0.39, 0.29) is 5.41 Å². The molecule has 1 aliphatic rings. The van der Waals surface area contributed by atoms with Gasteiger partial charge in [-0.2, -0.15) is 4.98 Å². The van der Waals surface area contributed by atoms with Crippen LogP contribution in [0.15, 0.2) is 29.0 Å². The Morgan fingerprint density at radius 3 is 2.68 bits per heavy atom. The van der Waals surface area contributed by atoms with Crippen LogP contribution in [0.1, 0.15) is 36.5 Å². The molecule has 5 nitrogen and oxygen atoms in total. The first kappa shape index (κ1) is 12.3. The monoisotopic (exact) mass is 258 g/mol. The Labute approximate surface area is 112 Å². The van der Waals surface area contributed by atoms with Crippen LogP contribution in [0.5, 0.6) is 0 Å². The van der Waals surface area contributed by atoms with Crippen LogP contribution in [-0.2, 0) is 12.8 Å². The third kappa shape index (κ3) is 2.66. The molecule has 0 amide bonds. The van der Waals surface area contributed by atoms with E-state index in [0.29, 0.717) is 18.9 Å². The Kier molecular flexibility index (Phi) is 3.29. The van der Waals surface area contributed by atoms with Gasteiger partial charge in [0.25, 0.3) is 0 Å². The van der Waals surface area contributed by atoms with Gasteiger partial charge in [0.2, 0.25) is 5.89 Å². The number of hydrogen-bond acceptors (Lipinski definition) is 5. The number of nitrogens with two attached hydrogens (primary N) is 1. The maximum atomic E-state index is 5.85. The smallest absolute Gasteiger partial charge is 0.227 e. The third-order valence-corrected chi connectivity index (χ3v) is 4.00. The zero-order valence-electron chi connectivity index (χ0n) is 10.9. The van der Waals surface area contributed by atoms with Gasteiger partial charge in [-0.25, -0.2) is 0 Å². The molecule has 0 spiro atoms. The molecule has 100 valence electrons. The van der Waals surface area contributed by atoms with Crippen molar-refractivity contribution in [2.75, 3.05) is 6.54 Å². The highest BCUT2D eigenvalue weighted by molar-refractivity contribution is 5.14. The molecular formula is C14H18N4O. The molecule has 3 rings (SSSR count). The van der Waals surface area contributed by atoms with Crippen LogP contribution in [0.3, 0.4) is 0 Å². The van der Waals surface area contributed by atoms with Gasteiger partial charge >= 0.3 is 0 Å². The van der Waals surface area contributed by atoms with Crippen LogP contribution >= 0.6 is 0 Å². The van der Waals surface area contributed by atoms with E-state index in [1.165, 1.54) is 19.3 Å². The molecule has 1 aliphatic carbocycles. The molecule has 0 atom stereocenters. The molecule has 0 unspecified atom stereocenters. The molecule has 0 saturated heterocycles. The molecule has 2 aromatic heterocycles. The van der Waals surface area contributed by atoms with Crippen molar-refractivity contribution in [1.82, 2.24) is 15.1 Å². The molecule has 2 heterocycles. The fourth-order valence-electron chi connectivity index (χ4n) is 2.57.